The highest BCUT2D eigenvalue weighted by molar-refractivity contribution is 5.77. The highest BCUT2D eigenvalue weighted by Gasteiger charge is 2.20. The first-order valence-electron chi connectivity index (χ1n) is 7.89. The van der Waals surface area contributed by atoms with Crippen molar-refractivity contribution in [1.82, 2.24) is 10.2 Å². The highest BCUT2D eigenvalue weighted by atomic mass is 16.1. The van der Waals surface area contributed by atoms with Gasteiger partial charge in [0.25, 0.3) is 0 Å². The molecule has 1 saturated heterocycles. The van der Waals surface area contributed by atoms with Crippen molar-refractivity contribution in [3.63, 3.8) is 0 Å². The molecule has 1 unspecified atom stereocenters. The Hall–Kier alpha value is -1.55. The van der Waals surface area contributed by atoms with Crippen LogP contribution in [0.1, 0.15) is 32.3 Å². The van der Waals surface area contributed by atoms with Crippen molar-refractivity contribution >= 4 is 11.6 Å². The maximum absolute atomic E-state index is 11.7. The van der Waals surface area contributed by atoms with Crippen molar-refractivity contribution in [3.8, 4) is 0 Å². The summed E-state index contributed by atoms with van der Waals surface area (Å²) in [6.07, 6.45) is 2.40. The fourth-order valence-corrected chi connectivity index (χ4v) is 2.86. The summed E-state index contributed by atoms with van der Waals surface area (Å²) in [4.78, 5) is 14.1. The molecule has 3 N–H and O–H groups in total. The zero-order valence-corrected chi connectivity index (χ0v) is 13.1. The van der Waals surface area contributed by atoms with Crippen LogP contribution in [0.15, 0.2) is 24.3 Å². The Morgan fingerprint density at radius 3 is 3.00 bits per heavy atom. The van der Waals surface area contributed by atoms with Crippen molar-refractivity contribution in [2.75, 3.05) is 25.4 Å². The van der Waals surface area contributed by atoms with Crippen LogP contribution in [0.2, 0.25) is 0 Å². The van der Waals surface area contributed by atoms with Gasteiger partial charge in [0.1, 0.15) is 0 Å². The Morgan fingerprint density at radius 1 is 1.48 bits per heavy atom. The van der Waals surface area contributed by atoms with Gasteiger partial charge in [-0.05, 0) is 43.0 Å². The van der Waals surface area contributed by atoms with E-state index in [-0.39, 0.29) is 11.8 Å². The van der Waals surface area contributed by atoms with Crippen molar-refractivity contribution in [1.29, 1.82) is 0 Å². The molecule has 0 saturated carbocycles. The number of likely N-dealkylation sites (tertiary alicyclic amines) is 1. The van der Waals surface area contributed by atoms with Crippen LogP contribution in [-0.4, -0.2) is 30.4 Å². The van der Waals surface area contributed by atoms with E-state index in [4.69, 9.17) is 5.73 Å². The molecule has 1 aromatic carbocycles. The van der Waals surface area contributed by atoms with E-state index < -0.39 is 0 Å². The number of benzene rings is 1. The molecule has 0 aliphatic carbocycles. The first-order chi connectivity index (χ1) is 10.0. The summed E-state index contributed by atoms with van der Waals surface area (Å²) in [5, 5.41) is 3.06. The molecular formula is C17H27N3O. The van der Waals surface area contributed by atoms with Crippen molar-refractivity contribution < 1.29 is 4.79 Å². The molecular weight excluding hydrogens is 262 g/mol. The van der Waals surface area contributed by atoms with E-state index >= 15 is 0 Å². The van der Waals surface area contributed by atoms with E-state index in [0.29, 0.717) is 5.92 Å². The maximum Gasteiger partial charge on any atom is 0.222 e. The molecule has 1 amide bonds. The van der Waals surface area contributed by atoms with Crippen LogP contribution in [-0.2, 0) is 11.3 Å². The van der Waals surface area contributed by atoms with Gasteiger partial charge in [-0.1, -0.05) is 26.0 Å². The van der Waals surface area contributed by atoms with Gasteiger partial charge in [-0.3, -0.25) is 9.69 Å². The molecule has 0 radical (unpaired) electrons. The lowest BCUT2D eigenvalue weighted by Gasteiger charge is -2.33. The molecule has 4 nitrogen and oxygen atoms in total. The predicted molar refractivity (Wildman–Crippen MR) is 86.7 cm³/mol. The van der Waals surface area contributed by atoms with Gasteiger partial charge in [0.05, 0.1) is 0 Å². The minimum absolute atomic E-state index is 0.0667. The zero-order chi connectivity index (χ0) is 15.2. The number of hydrogen-bond donors (Lipinski definition) is 2. The number of piperidine rings is 1. The van der Waals surface area contributed by atoms with Crippen LogP contribution in [0.5, 0.6) is 0 Å². The Kier molecular flexibility index (Phi) is 5.62. The average Bonchev–Trinajstić information content (AvgIpc) is 2.45. The molecule has 0 bridgehead atoms. The molecule has 0 spiro atoms. The SMILES string of the molecule is CC(C)C(=O)NCC1CCCN(Cc2cccc(N)c2)C1. The number of anilines is 1. The topological polar surface area (TPSA) is 58.4 Å². The van der Waals surface area contributed by atoms with Crippen molar-refractivity contribution in [2.45, 2.75) is 33.2 Å². The standard InChI is InChI=1S/C17H27N3O/c1-13(2)17(21)19-10-15-6-4-8-20(12-15)11-14-5-3-7-16(18)9-14/h3,5,7,9,13,15H,4,6,8,10-12,18H2,1-2H3,(H,19,21). The normalized spacial score (nSPS) is 19.7. The molecule has 1 atom stereocenters. The zero-order valence-electron chi connectivity index (χ0n) is 13.1. The van der Waals surface area contributed by atoms with Gasteiger partial charge in [-0.15, -0.1) is 0 Å². The van der Waals surface area contributed by atoms with Gasteiger partial charge >= 0.3 is 0 Å². The molecule has 1 aliphatic rings. The maximum atomic E-state index is 11.7. The number of nitrogens with two attached hydrogens (primary N) is 1. The molecule has 2 rings (SSSR count). The summed E-state index contributed by atoms with van der Waals surface area (Å²) < 4.78 is 0. The monoisotopic (exact) mass is 289 g/mol. The summed E-state index contributed by atoms with van der Waals surface area (Å²) in [5.74, 6) is 0.780. The largest absolute Gasteiger partial charge is 0.399 e. The Balaban J connectivity index is 1.82. The molecule has 1 heterocycles. The van der Waals surface area contributed by atoms with Gasteiger partial charge in [0, 0.05) is 31.2 Å². The fraction of sp³-hybridized carbons (Fsp3) is 0.588. The number of nitrogens with zero attached hydrogens (tertiary/aromatic N) is 1. The van der Waals surface area contributed by atoms with Crippen LogP contribution < -0.4 is 11.1 Å². The van der Waals surface area contributed by atoms with Crippen LogP contribution in [0.25, 0.3) is 0 Å². The predicted octanol–water partition coefficient (Wildman–Crippen LogP) is 2.25. The first-order valence-corrected chi connectivity index (χ1v) is 7.89. The minimum Gasteiger partial charge on any atom is -0.399 e. The van der Waals surface area contributed by atoms with Crippen LogP contribution in [0.4, 0.5) is 5.69 Å². The van der Waals surface area contributed by atoms with Gasteiger partial charge in [-0.2, -0.15) is 0 Å². The highest BCUT2D eigenvalue weighted by Crippen LogP contribution is 2.19. The quantitative estimate of drug-likeness (QED) is 0.817. The van der Waals surface area contributed by atoms with Crippen molar-refractivity contribution in [3.05, 3.63) is 29.8 Å². The summed E-state index contributed by atoms with van der Waals surface area (Å²) >= 11 is 0. The number of rotatable bonds is 5. The van der Waals surface area contributed by atoms with E-state index in [9.17, 15) is 4.79 Å². The summed E-state index contributed by atoms with van der Waals surface area (Å²) in [6, 6.07) is 8.10. The van der Waals surface area contributed by atoms with E-state index in [2.05, 4.69) is 16.3 Å². The molecule has 4 heteroatoms. The van der Waals surface area contributed by atoms with Crippen molar-refractivity contribution in [2.24, 2.45) is 11.8 Å². The summed E-state index contributed by atoms with van der Waals surface area (Å²) in [5.41, 5.74) is 7.92. The molecule has 21 heavy (non-hydrogen) atoms. The number of hydrogen-bond acceptors (Lipinski definition) is 3. The number of carbonyl (C=O) groups is 1. The Bertz CT molecular complexity index is 473. The molecule has 1 aromatic rings. The number of nitrogens with one attached hydrogen (secondary N) is 1. The Labute approximate surface area is 127 Å². The van der Waals surface area contributed by atoms with Gasteiger partial charge < -0.3 is 11.1 Å². The third-order valence-corrected chi connectivity index (χ3v) is 4.05. The number of amides is 1. The van der Waals surface area contributed by atoms with Gasteiger partial charge in [0.15, 0.2) is 0 Å². The van der Waals surface area contributed by atoms with Gasteiger partial charge in [0.2, 0.25) is 5.91 Å². The van der Waals surface area contributed by atoms with Crippen LogP contribution in [0.3, 0.4) is 0 Å². The second-order valence-electron chi connectivity index (χ2n) is 6.39. The molecule has 1 aliphatic heterocycles. The average molecular weight is 289 g/mol. The minimum atomic E-state index is 0.0667. The summed E-state index contributed by atoms with van der Waals surface area (Å²) in [6.45, 7) is 7.78. The third kappa shape index (κ3) is 5.05. The van der Waals surface area contributed by atoms with E-state index in [1.807, 2.05) is 32.0 Å². The Morgan fingerprint density at radius 2 is 2.29 bits per heavy atom. The molecule has 116 valence electrons. The first kappa shape index (κ1) is 15.8. The number of carbonyl (C=O) groups excluding carboxylic acids is 1. The lowest BCUT2D eigenvalue weighted by molar-refractivity contribution is -0.124. The third-order valence-electron chi connectivity index (χ3n) is 4.05. The van der Waals surface area contributed by atoms with E-state index in [1.54, 1.807) is 0 Å². The van der Waals surface area contributed by atoms with E-state index in [1.165, 1.54) is 18.4 Å². The van der Waals surface area contributed by atoms with E-state index in [0.717, 1.165) is 31.9 Å². The second kappa shape index (κ2) is 7.46. The smallest absolute Gasteiger partial charge is 0.222 e. The van der Waals surface area contributed by atoms with Crippen LogP contribution in [0, 0.1) is 11.8 Å². The van der Waals surface area contributed by atoms with Crippen LogP contribution >= 0.6 is 0 Å². The summed E-state index contributed by atoms with van der Waals surface area (Å²) in [7, 11) is 0. The lowest BCUT2D eigenvalue weighted by atomic mass is 9.97. The second-order valence-corrected chi connectivity index (χ2v) is 6.39. The fourth-order valence-electron chi connectivity index (χ4n) is 2.86. The van der Waals surface area contributed by atoms with Gasteiger partial charge in [-0.25, -0.2) is 0 Å². The number of nitrogen functional groups attached to an aromatic ring is 1. The molecule has 0 aromatic heterocycles. The molecule has 1 fully saturated rings. The lowest BCUT2D eigenvalue weighted by Crippen LogP contribution is -2.41.